The Balaban J connectivity index is 1.48. The van der Waals surface area contributed by atoms with E-state index in [0.717, 1.165) is 49.1 Å². The minimum Gasteiger partial charge on any atom is -0.380 e. The molecule has 0 spiro atoms. The van der Waals surface area contributed by atoms with E-state index >= 15 is 0 Å². The number of para-hydroxylation sites is 1. The third kappa shape index (κ3) is 3.39. The van der Waals surface area contributed by atoms with Crippen molar-refractivity contribution in [1.82, 2.24) is 9.88 Å². The Hall–Kier alpha value is -2.17. The highest BCUT2D eigenvalue weighted by Crippen LogP contribution is 2.29. The SMILES string of the molecule is Cc1cc(NC2CCN(C(=O)C3CCCCC3)C2)c2cccc(F)c2n1. The Labute approximate surface area is 153 Å². The van der Waals surface area contributed by atoms with E-state index in [0.29, 0.717) is 11.4 Å². The molecule has 2 heterocycles. The molecule has 2 aromatic rings. The number of aromatic nitrogens is 1. The summed E-state index contributed by atoms with van der Waals surface area (Å²) in [6.07, 6.45) is 6.64. The molecule has 1 saturated carbocycles. The van der Waals surface area contributed by atoms with E-state index in [-0.39, 0.29) is 17.8 Å². The number of pyridine rings is 1. The predicted octanol–water partition coefficient (Wildman–Crippen LogP) is 4.28. The lowest BCUT2D eigenvalue weighted by Crippen LogP contribution is -2.36. The standard InChI is InChI=1S/C21H26FN3O/c1-14-12-19(17-8-5-9-18(22)20(17)23-14)24-16-10-11-25(13-16)21(26)15-6-3-2-4-7-15/h5,8-9,12,15-16H,2-4,6-7,10-11,13H2,1H3,(H,23,24). The third-order valence-electron chi connectivity index (χ3n) is 5.73. The van der Waals surface area contributed by atoms with Crippen molar-refractivity contribution in [3.8, 4) is 0 Å². The van der Waals surface area contributed by atoms with Gasteiger partial charge in [0.2, 0.25) is 5.91 Å². The number of rotatable bonds is 3. The molecule has 5 heteroatoms. The van der Waals surface area contributed by atoms with E-state index in [9.17, 15) is 9.18 Å². The molecule has 1 amide bonds. The monoisotopic (exact) mass is 355 g/mol. The normalized spacial score (nSPS) is 21.3. The molecule has 1 N–H and O–H groups in total. The van der Waals surface area contributed by atoms with Gasteiger partial charge < -0.3 is 10.2 Å². The zero-order valence-corrected chi connectivity index (χ0v) is 15.3. The van der Waals surface area contributed by atoms with E-state index in [1.54, 1.807) is 6.07 Å². The first-order valence-electron chi connectivity index (χ1n) is 9.73. The van der Waals surface area contributed by atoms with Gasteiger partial charge in [0, 0.05) is 41.8 Å². The molecule has 4 nitrogen and oxygen atoms in total. The molecule has 1 saturated heterocycles. The van der Waals surface area contributed by atoms with Crippen LogP contribution in [0.15, 0.2) is 24.3 Å². The minimum atomic E-state index is -0.297. The summed E-state index contributed by atoms with van der Waals surface area (Å²) in [4.78, 5) is 19.1. The highest BCUT2D eigenvalue weighted by molar-refractivity contribution is 5.92. The van der Waals surface area contributed by atoms with Gasteiger partial charge in [-0.15, -0.1) is 0 Å². The molecule has 26 heavy (non-hydrogen) atoms. The Kier molecular flexibility index (Phi) is 4.79. The Morgan fingerprint density at radius 2 is 2.04 bits per heavy atom. The van der Waals surface area contributed by atoms with Gasteiger partial charge >= 0.3 is 0 Å². The maximum absolute atomic E-state index is 14.1. The number of halogens is 1. The molecule has 4 rings (SSSR count). The van der Waals surface area contributed by atoms with Gasteiger partial charge in [-0.1, -0.05) is 31.4 Å². The summed E-state index contributed by atoms with van der Waals surface area (Å²) < 4.78 is 14.1. The van der Waals surface area contributed by atoms with Crippen LogP contribution in [0.2, 0.25) is 0 Å². The number of carbonyl (C=O) groups is 1. The smallest absolute Gasteiger partial charge is 0.225 e. The van der Waals surface area contributed by atoms with Crippen molar-refractivity contribution in [2.75, 3.05) is 18.4 Å². The number of fused-ring (bicyclic) bond motifs is 1. The fraction of sp³-hybridized carbons (Fsp3) is 0.524. The average Bonchev–Trinajstić information content (AvgIpc) is 3.11. The number of nitrogens with zero attached hydrogens (tertiary/aromatic N) is 2. The second-order valence-electron chi connectivity index (χ2n) is 7.70. The molecule has 138 valence electrons. The van der Waals surface area contributed by atoms with Gasteiger partial charge in [0.15, 0.2) is 0 Å². The van der Waals surface area contributed by atoms with Crippen LogP contribution in [0.25, 0.3) is 10.9 Å². The van der Waals surface area contributed by atoms with E-state index in [1.807, 2.05) is 24.0 Å². The number of nitrogens with one attached hydrogen (secondary N) is 1. The van der Waals surface area contributed by atoms with Crippen LogP contribution in [-0.2, 0) is 4.79 Å². The van der Waals surface area contributed by atoms with Gasteiger partial charge in [-0.2, -0.15) is 0 Å². The Morgan fingerprint density at radius 3 is 2.85 bits per heavy atom. The van der Waals surface area contributed by atoms with Gasteiger partial charge in [-0.05, 0) is 38.3 Å². The lowest BCUT2D eigenvalue weighted by Gasteiger charge is -2.26. The van der Waals surface area contributed by atoms with Gasteiger partial charge in [0.1, 0.15) is 11.3 Å². The molecular formula is C21H26FN3O. The second kappa shape index (κ2) is 7.22. The van der Waals surface area contributed by atoms with Crippen molar-refractivity contribution in [3.05, 3.63) is 35.8 Å². The quantitative estimate of drug-likeness (QED) is 0.894. The van der Waals surface area contributed by atoms with E-state index in [1.165, 1.54) is 25.3 Å². The fourth-order valence-electron chi connectivity index (χ4n) is 4.37. The van der Waals surface area contributed by atoms with Crippen molar-refractivity contribution in [2.24, 2.45) is 5.92 Å². The zero-order valence-electron chi connectivity index (χ0n) is 15.3. The van der Waals surface area contributed by atoms with Gasteiger partial charge in [-0.3, -0.25) is 4.79 Å². The topological polar surface area (TPSA) is 45.2 Å². The molecule has 2 aliphatic rings. The number of likely N-dealkylation sites (tertiary alicyclic amines) is 1. The van der Waals surface area contributed by atoms with Crippen molar-refractivity contribution >= 4 is 22.5 Å². The van der Waals surface area contributed by atoms with Gasteiger partial charge in [0.25, 0.3) is 0 Å². The molecular weight excluding hydrogens is 329 g/mol. The minimum absolute atomic E-state index is 0.204. The second-order valence-corrected chi connectivity index (χ2v) is 7.70. The van der Waals surface area contributed by atoms with E-state index < -0.39 is 0 Å². The first-order valence-corrected chi connectivity index (χ1v) is 9.73. The number of amides is 1. The zero-order chi connectivity index (χ0) is 18.1. The average molecular weight is 355 g/mol. The molecule has 1 aliphatic heterocycles. The Morgan fingerprint density at radius 1 is 1.23 bits per heavy atom. The van der Waals surface area contributed by atoms with Crippen LogP contribution in [0.4, 0.5) is 10.1 Å². The number of aryl methyl sites for hydroxylation is 1. The number of hydrogen-bond acceptors (Lipinski definition) is 3. The third-order valence-corrected chi connectivity index (χ3v) is 5.73. The summed E-state index contributed by atoms with van der Waals surface area (Å²) in [6, 6.07) is 7.22. The van der Waals surface area contributed by atoms with E-state index in [2.05, 4.69) is 10.3 Å². The van der Waals surface area contributed by atoms with Crippen LogP contribution in [0.1, 0.15) is 44.2 Å². The molecule has 1 aromatic heterocycles. The largest absolute Gasteiger partial charge is 0.380 e. The van der Waals surface area contributed by atoms with Crippen molar-refractivity contribution in [2.45, 2.75) is 51.5 Å². The summed E-state index contributed by atoms with van der Waals surface area (Å²) in [5.74, 6) is 0.256. The summed E-state index contributed by atoms with van der Waals surface area (Å²) >= 11 is 0. The number of hydrogen-bond donors (Lipinski definition) is 1. The van der Waals surface area contributed by atoms with Crippen LogP contribution in [0, 0.1) is 18.7 Å². The van der Waals surface area contributed by atoms with E-state index in [4.69, 9.17) is 0 Å². The van der Waals surface area contributed by atoms with Crippen LogP contribution in [0.5, 0.6) is 0 Å². The number of anilines is 1. The maximum Gasteiger partial charge on any atom is 0.225 e. The van der Waals surface area contributed by atoms with Crippen molar-refractivity contribution < 1.29 is 9.18 Å². The molecule has 1 atom stereocenters. The summed E-state index contributed by atoms with van der Waals surface area (Å²) in [6.45, 7) is 3.42. The maximum atomic E-state index is 14.1. The predicted molar refractivity (Wildman–Crippen MR) is 102 cm³/mol. The van der Waals surface area contributed by atoms with Crippen LogP contribution < -0.4 is 5.32 Å². The highest BCUT2D eigenvalue weighted by Gasteiger charge is 2.31. The molecule has 1 unspecified atom stereocenters. The van der Waals surface area contributed by atoms with Gasteiger partial charge in [0.05, 0.1) is 0 Å². The molecule has 1 aromatic carbocycles. The van der Waals surface area contributed by atoms with Crippen LogP contribution >= 0.6 is 0 Å². The molecule has 1 aliphatic carbocycles. The lowest BCUT2D eigenvalue weighted by molar-refractivity contribution is -0.135. The Bertz CT molecular complexity index is 816. The van der Waals surface area contributed by atoms with Crippen LogP contribution in [0.3, 0.4) is 0 Å². The first kappa shape index (κ1) is 17.3. The summed E-state index contributed by atoms with van der Waals surface area (Å²) in [7, 11) is 0. The van der Waals surface area contributed by atoms with Crippen molar-refractivity contribution in [3.63, 3.8) is 0 Å². The first-order chi connectivity index (χ1) is 12.6. The molecule has 0 radical (unpaired) electrons. The summed E-state index contributed by atoms with van der Waals surface area (Å²) in [5.41, 5.74) is 2.10. The van der Waals surface area contributed by atoms with Crippen LogP contribution in [-0.4, -0.2) is 34.9 Å². The van der Waals surface area contributed by atoms with Gasteiger partial charge in [-0.25, -0.2) is 9.37 Å². The fourth-order valence-corrected chi connectivity index (χ4v) is 4.37. The molecule has 0 bridgehead atoms. The number of benzene rings is 1. The highest BCUT2D eigenvalue weighted by atomic mass is 19.1. The number of carbonyl (C=O) groups excluding carboxylic acids is 1. The van der Waals surface area contributed by atoms with Crippen molar-refractivity contribution in [1.29, 1.82) is 0 Å². The summed E-state index contributed by atoms with van der Waals surface area (Å²) in [5, 5.41) is 4.34. The molecule has 2 fully saturated rings. The lowest BCUT2D eigenvalue weighted by atomic mass is 9.88.